The molecule has 0 saturated carbocycles. The van der Waals surface area contributed by atoms with Crippen LogP contribution in [0.2, 0.25) is 0 Å². The molecule has 34 heavy (non-hydrogen) atoms. The third-order valence-corrected chi connectivity index (χ3v) is 4.62. The molecule has 6 nitrogen and oxygen atoms in total. The first kappa shape index (κ1) is 24.2. The van der Waals surface area contributed by atoms with Gasteiger partial charge in [-0.25, -0.2) is 9.78 Å². The van der Waals surface area contributed by atoms with Gasteiger partial charge in [0.1, 0.15) is 5.82 Å². The highest BCUT2D eigenvalue weighted by Crippen LogP contribution is 2.35. The second-order valence-electron chi connectivity index (χ2n) is 7.01. The fraction of sp³-hybridized carbons (Fsp3) is 0.0800. The summed E-state index contributed by atoms with van der Waals surface area (Å²) in [6, 6.07) is 10.1. The van der Waals surface area contributed by atoms with E-state index in [4.69, 9.17) is 5.11 Å². The van der Waals surface area contributed by atoms with Gasteiger partial charge in [-0.05, 0) is 43.4 Å². The minimum Gasteiger partial charge on any atom is -0.478 e. The summed E-state index contributed by atoms with van der Waals surface area (Å²) in [6.07, 6.45) is 3.33. The zero-order valence-electron chi connectivity index (χ0n) is 18.0. The summed E-state index contributed by atoms with van der Waals surface area (Å²) in [4.78, 5) is 28.1. The van der Waals surface area contributed by atoms with Gasteiger partial charge in [0.2, 0.25) is 0 Å². The zero-order chi connectivity index (χ0) is 24.9. The van der Waals surface area contributed by atoms with Crippen molar-refractivity contribution in [2.75, 3.05) is 5.32 Å². The number of benzene rings is 1. The molecule has 2 N–H and O–H groups in total. The molecule has 2 heterocycles. The molecule has 0 aliphatic carbocycles. The smallest absolute Gasteiger partial charge is 0.417 e. The Morgan fingerprint density at radius 2 is 1.88 bits per heavy atom. The van der Waals surface area contributed by atoms with E-state index in [-0.39, 0.29) is 17.2 Å². The monoisotopic (exact) mass is 467 g/mol. The molecule has 0 fully saturated rings. The topological polar surface area (TPSA) is 84.2 Å². The summed E-state index contributed by atoms with van der Waals surface area (Å²) in [5, 5.41) is 11.3. The number of hydrogen-bond acceptors (Lipinski definition) is 4. The Morgan fingerprint density at radius 3 is 2.47 bits per heavy atom. The Balaban J connectivity index is 2.49. The van der Waals surface area contributed by atoms with E-state index < -0.39 is 28.5 Å². The zero-order valence-corrected chi connectivity index (χ0v) is 18.0. The molecule has 2 aromatic heterocycles. The van der Waals surface area contributed by atoms with Crippen LogP contribution in [0.15, 0.2) is 89.9 Å². The van der Waals surface area contributed by atoms with Crippen LogP contribution in [-0.4, -0.2) is 20.6 Å². The normalized spacial score (nSPS) is 12.5. The number of nitrogens with one attached hydrogen (secondary N) is 1. The first-order chi connectivity index (χ1) is 16.2. The third-order valence-electron chi connectivity index (χ3n) is 4.62. The molecular weight excluding hydrogens is 447 g/mol. The number of aromatic nitrogens is 2. The van der Waals surface area contributed by atoms with Crippen LogP contribution in [-0.2, 0) is 11.0 Å². The molecule has 0 spiro atoms. The van der Waals surface area contributed by atoms with E-state index in [1.54, 1.807) is 55.5 Å². The molecule has 0 aliphatic heterocycles. The number of aliphatic carboxylic acids is 1. The minimum absolute atomic E-state index is 0.162. The molecule has 0 aliphatic rings. The average molecular weight is 467 g/mol. The lowest BCUT2D eigenvalue weighted by Gasteiger charge is -2.20. The van der Waals surface area contributed by atoms with Crippen molar-refractivity contribution in [2.45, 2.75) is 13.1 Å². The highest BCUT2D eigenvalue weighted by molar-refractivity contribution is 5.88. The number of carboxylic acid groups (broad SMARTS) is 1. The molecule has 0 saturated heterocycles. The number of anilines is 1. The number of halogens is 3. The molecular formula is C25H20F3N3O3. The van der Waals surface area contributed by atoms with Crippen molar-refractivity contribution in [1.29, 1.82) is 0 Å². The summed E-state index contributed by atoms with van der Waals surface area (Å²) in [6.45, 7) is 5.42. The number of nitrogens with zero attached hydrogens (tertiary/aromatic N) is 2. The van der Waals surface area contributed by atoms with Crippen LogP contribution in [0.25, 0.3) is 22.8 Å². The standard InChI is InChI=1S/C25H20F3N3O3/c1-3-8-16(9-4-2)29-21-15-20(32)23-19(25(26,27)28)14-17(12-13-22(33)34)30-24(23)31(21)18-10-6-5-7-11-18/h3-15,29H,1H2,2H3,(H,33,34)/b9-4-,13-12+,16-8+. The molecule has 1 aromatic carbocycles. The van der Waals surface area contributed by atoms with Gasteiger partial charge < -0.3 is 10.4 Å². The molecule has 0 amide bonds. The summed E-state index contributed by atoms with van der Waals surface area (Å²) in [7, 11) is 0. The van der Waals surface area contributed by atoms with Gasteiger partial charge in [-0.1, -0.05) is 36.9 Å². The van der Waals surface area contributed by atoms with Crippen molar-refractivity contribution in [3.8, 4) is 5.69 Å². The number of alkyl halides is 3. The molecule has 0 unspecified atom stereocenters. The highest BCUT2D eigenvalue weighted by atomic mass is 19.4. The number of fused-ring (bicyclic) bond motifs is 1. The van der Waals surface area contributed by atoms with Gasteiger partial charge in [0, 0.05) is 23.5 Å². The van der Waals surface area contributed by atoms with E-state index in [9.17, 15) is 22.8 Å². The second kappa shape index (κ2) is 10.0. The molecule has 0 atom stereocenters. The second-order valence-corrected chi connectivity index (χ2v) is 7.01. The molecule has 0 bridgehead atoms. The number of rotatable bonds is 7. The number of carbonyl (C=O) groups is 1. The lowest BCUT2D eigenvalue weighted by molar-refractivity contribution is -0.136. The van der Waals surface area contributed by atoms with Crippen LogP contribution in [0.3, 0.4) is 0 Å². The predicted octanol–water partition coefficient (Wildman–Crippen LogP) is 5.56. The van der Waals surface area contributed by atoms with Crippen LogP contribution in [0.5, 0.6) is 0 Å². The van der Waals surface area contributed by atoms with E-state index in [1.807, 2.05) is 0 Å². The van der Waals surface area contributed by atoms with Gasteiger partial charge in [-0.15, -0.1) is 0 Å². The maximum absolute atomic E-state index is 14.0. The summed E-state index contributed by atoms with van der Waals surface area (Å²) in [5.41, 5.74) is -1.68. The minimum atomic E-state index is -4.88. The van der Waals surface area contributed by atoms with Crippen molar-refractivity contribution in [2.24, 2.45) is 0 Å². The Kier molecular flexibility index (Phi) is 7.15. The van der Waals surface area contributed by atoms with Gasteiger partial charge in [0.15, 0.2) is 11.1 Å². The number of carboxylic acids is 1. The van der Waals surface area contributed by atoms with Gasteiger partial charge in [-0.3, -0.25) is 9.36 Å². The van der Waals surface area contributed by atoms with E-state index in [0.717, 1.165) is 12.1 Å². The SMILES string of the molecule is C=C/C=C(\C=C/C)Nc1cc(=O)c2c(C(F)(F)F)cc(/C=C/C(=O)O)nc2n1-c1ccccc1. The molecule has 3 rings (SSSR count). The van der Waals surface area contributed by atoms with Gasteiger partial charge in [0.05, 0.1) is 16.6 Å². The van der Waals surface area contributed by atoms with Crippen LogP contribution >= 0.6 is 0 Å². The van der Waals surface area contributed by atoms with Gasteiger partial charge in [-0.2, -0.15) is 13.2 Å². The maximum atomic E-state index is 14.0. The first-order valence-corrected chi connectivity index (χ1v) is 10.0. The van der Waals surface area contributed by atoms with Crippen LogP contribution in [0.1, 0.15) is 18.2 Å². The number of hydrogen-bond donors (Lipinski definition) is 2. The molecule has 174 valence electrons. The van der Waals surface area contributed by atoms with Crippen LogP contribution < -0.4 is 10.7 Å². The summed E-state index contributed by atoms with van der Waals surface area (Å²) >= 11 is 0. The van der Waals surface area contributed by atoms with E-state index in [2.05, 4.69) is 16.9 Å². The third kappa shape index (κ3) is 5.32. The molecule has 9 heteroatoms. The van der Waals surface area contributed by atoms with E-state index in [1.165, 1.54) is 10.6 Å². The fourth-order valence-electron chi connectivity index (χ4n) is 3.32. The number of allylic oxidation sites excluding steroid dienone is 4. The summed E-state index contributed by atoms with van der Waals surface area (Å²) < 4.78 is 43.3. The Hall–Kier alpha value is -4.40. The molecule has 0 radical (unpaired) electrons. The predicted molar refractivity (Wildman–Crippen MR) is 126 cm³/mol. The van der Waals surface area contributed by atoms with Crippen molar-refractivity contribution in [3.05, 3.63) is 107 Å². The first-order valence-electron chi connectivity index (χ1n) is 10.0. The van der Waals surface area contributed by atoms with Gasteiger partial charge in [0.25, 0.3) is 0 Å². The van der Waals surface area contributed by atoms with Gasteiger partial charge >= 0.3 is 12.1 Å². The Bertz CT molecular complexity index is 1390. The lowest BCUT2D eigenvalue weighted by atomic mass is 10.1. The Labute approximate surface area is 192 Å². The fourth-order valence-corrected chi connectivity index (χ4v) is 3.32. The lowest BCUT2D eigenvalue weighted by Crippen LogP contribution is -2.19. The summed E-state index contributed by atoms with van der Waals surface area (Å²) in [5.74, 6) is -1.19. The highest BCUT2D eigenvalue weighted by Gasteiger charge is 2.35. The van der Waals surface area contributed by atoms with E-state index in [0.29, 0.717) is 23.5 Å². The quantitative estimate of drug-likeness (QED) is 0.351. The van der Waals surface area contributed by atoms with Crippen molar-refractivity contribution >= 4 is 28.9 Å². The Morgan fingerprint density at radius 1 is 1.18 bits per heavy atom. The van der Waals surface area contributed by atoms with Crippen molar-refractivity contribution in [3.63, 3.8) is 0 Å². The average Bonchev–Trinajstić information content (AvgIpc) is 2.77. The number of pyridine rings is 2. The molecule has 3 aromatic rings. The largest absolute Gasteiger partial charge is 0.478 e. The van der Waals surface area contributed by atoms with Crippen LogP contribution in [0, 0.1) is 0 Å². The number of para-hydroxylation sites is 1. The van der Waals surface area contributed by atoms with Crippen molar-refractivity contribution in [1.82, 2.24) is 9.55 Å². The van der Waals surface area contributed by atoms with Crippen LogP contribution in [0.4, 0.5) is 19.0 Å². The van der Waals surface area contributed by atoms with E-state index >= 15 is 0 Å². The maximum Gasteiger partial charge on any atom is 0.417 e. The van der Waals surface area contributed by atoms with Crippen molar-refractivity contribution < 1.29 is 23.1 Å².